The van der Waals surface area contributed by atoms with Crippen molar-refractivity contribution in [3.05, 3.63) is 46.6 Å². The Morgan fingerprint density at radius 1 is 0.611 bits per heavy atom. The predicted octanol–water partition coefficient (Wildman–Crippen LogP) is 2.46. The first-order valence-electron chi connectivity index (χ1n) is 6.04. The van der Waals surface area contributed by atoms with Gasteiger partial charge in [0.2, 0.25) is 0 Å². The summed E-state index contributed by atoms with van der Waals surface area (Å²) >= 11 is 0. The Kier molecular flexibility index (Phi) is 1.34. The van der Waals surface area contributed by atoms with Crippen LogP contribution in [0.4, 0.5) is 0 Å². The summed E-state index contributed by atoms with van der Waals surface area (Å²) < 4.78 is 11.4. The van der Waals surface area contributed by atoms with Crippen LogP contribution in [-0.2, 0) is 9.47 Å². The van der Waals surface area contributed by atoms with E-state index >= 15 is 0 Å². The molecule has 4 heteroatoms. The zero-order valence-corrected chi connectivity index (χ0v) is 9.33. The summed E-state index contributed by atoms with van der Waals surface area (Å²) in [6, 6.07) is 0. The number of fused-ring (bicyclic) bond motifs is 10. The first kappa shape index (κ1) is 9.19. The SMILES string of the molecule is Oc1c2c(c(O)c3c1C1C=CC3O1)C1C=CC2O1. The molecule has 0 spiro atoms. The highest BCUT2D eigenvalue weighted by Gasteiger charge is 2.46. The molecule has 4 atom stereocenters. The second-order valence-corrected chi connectivity index (χ2v) is 5.08. The van der Waals surface area contributed by atoms with Crippen LogP contribution in [0.5, 0.6) is 11.5 Å². The topological polar surface area (TPSA) is 58.9 Å². The molecule has 0 radical (unpaired) electrons. The van der Waals surface area contributed by atoms with Crippen LogP contribution in [0.3, 0.4) is 0 Å². The second-order valence-electron chi connectivity index (χ2n) is 5.08. The molecule has 90 valence electrons. The summed E-state index contributed by atoms with van der Waals surface area (Å²) in [6.45, 7) is 0. The summed E-state index contributed by atoms with van der Waals surface area (Å²) in [5.41, 5.74) is 2.85. The fraction of sp³-hybridized carbons (Fsp3) is 0.286. The monoisotopic (exact) mass is 242 g/mol. The van der Waals surface area contributed by atoms with Crippen molar-refractivity contribution >= 4 is 0 Å². The number of hydrogen-bond donors (Lipinski definition) is 2. The minimum Gasteiger partial charge on any atom is -0.507 e. The number of aromatic hydroxyl groups is 2. The van der Waals surface area contributed by atoms with Gasteiger partial charge in [0.1, 0.15) is 35.9 Å². The molecule has 4 unspecified atom stereocenters. The molecule has 4 heterocycles. The third-order valence-electron chi connectivity index (χ3n) is 4.25. The molecule has 2 N–H and O–H groups in total. The molecule has 0 amide bonds. The lowest BCUT2D eigenvalue weighted by molar-refractivity contribution is 0.0809. The Morgan fingerprint density at radius 2 is 0.889 bits per heavy atom. The maximum absolute atomic E-state index is 10.5. The van der Waals surface area contributed by atoms with E-state index in [-0.39, 0.29) is 35.9 Å². The van der Waals surface area contributed by atoms with E-state index in [4.69, 9.17) is 9.47 Å². The van der Waals surface area contributed by atoms with E-state index in [1.807, 2.05) is 24.3 Å². The molecule has 4 nitrogen and oxygen atoms in total. The van der Waals surface area contributed by atoms with Gasteiger partial charge in [-0.3, -0.25) is 0 Å². The highest BCUT2D eigenvalue weighted by Crippen LogP contribution is 2.61. The number of rotatable bonds is 0. The van der Waals surface area contributed by atoms with Gasteiger partial charge < -0.3 is 19.7 Å². The molecule has 0 saturated carbocycles. The van der Waals surface area contributed by atoms with Gasteiger partial charge in [-0.05, 0) is 0 Å². The van der Waals surface area contributed by atoms with Crippen LogP contribution in [0.15, 0.2) is 24.3 Å². The van der Waals surface area contributed by atoms with Gasteiger partial charge >= 0.3 is 0 Å². The maximum atomic E-state index is 10.5. The molecule has 5 rings (SSSR count). The van der Waals surface area contributed by atoms with Crippen molar-refractivity contribution in [3.8, 4) is 11.5 Å². The molecular weight excluding hydrogens is 232 g/mol. The summed E-state index contributed by atoms with van der Waals surface area (Å²) in [5, 5.41) is 20.9. The molecule has 1 aromatic carbocycles. The zero-order chi connectivity index (χ0) is 12.0. The molecule has 18 heavy (non-hydrogen) atoms. The van der Waals surface area contributed by atoms with Crippen molar-refractivity contribution in [1.29, 1.82) is 0 Å². The van der Waals surface area contributed by atoms with E-state index in [0.717, 1.165) is 0 Å². The lowest BCUT2D eigenvalue weighted by atomic mass is 9.85. The lowest BCUT2D eigenvalue weighted by Crippen LogP contribution is -2.03. The van der Waals surface area contributed by atoms with Gasteiger partial charge in [0.05, 0.1) is 0 Å². The van der Waals surface area contributed by atoms with E-state index in [1.165, 1.54) is 0 Å². The Balaban J connectivity index is 1.90. The minimum absolute atomic E-state index is 0.228. The second kappa shape index (κ2) is 2.63. The smallest absolute Gasteiger partial charge is 0.128 e. The first-order valence-corrected chi connectivity index (χ1v) is 6.04. The molecule has 0 aromatic heterocycles. The standard InChI is InChI=1S/C14H10O4/c15-13-9-5-1-2-6(17-5)10(9)14(16)12-8-4-3-7(18-8)11(12)13/h1-8,15-16H. The van der Waals surface area contributed by atoms with Gasteiger partial charge in [0, 0.05) is 22.3 Å². The summed E-state index contributed by atoms with van der Waals surface area (Å²) in [6.07, 6.45) is 6.75. The summed E-state index contributed by atoms with van der Waals surface area (Å²) in [5.74, 6) is 0.456. The minimum atomic E-state index is -0.232. The average Bonchev–Trinajstić information content (AvgIpc) is 3.10. The molecule has 1 aromatic rings. The largest absolute Gasteiger partial charge is 0.507 e. The van der Waals surface area contributed by atoms with Crippen LogP contribution in [0.1, 0.15) is 46.7 Å². The van der Waals surface area contributed by atoms with Gasteiger partial charge in [-0.15, -0.1) is 0 Å². The first-order chi connectivity index (χ1) is 8.75. The molecule has 0 fully saturated rings. The number of phenols is 2. The highest BCUT2D eigenvalue weighted by atomic mass is 16.5. The van der Waals surface area contributed by atoms with Gasteiger partial charge in [-0.2, -0.15) is 0 Å². The Morgan fingerprint density at radius 3 is 1.17 bits per heavy atom. The normalized spacial score (nSPS) is 36.4. The van der Waals surface area contributed by atoms with Gasteiger partial charge in [0.15, 0.2) is 0 Å². The van der Waals surface area contributed by atoms with Crippen molar-refractivity contribution in [2.24, 2.45) is 0 Å². The number of ether oxygens (including phenoxy) is 2. The lowest BCUT2D eigenvalue weighted by Gasteiger charge is -2.18. The molecule has 4 bridgehead atoms. The van der Waals surface area contributed by atoms with E-state index in [1.54, 1.807) is 0 Å². The molecule has 4 aliphatic rings. The third-order valence-corrected chi connectivity index (χ3v) is 4.25. The van der Waals surface area contributed by atoms with Gasteiger partial charge in [0.25, 0.3) is 0 Å². The fourth-order valence-electron chi connectivity index (χ4n) is 3.51. The van der Waals surface area contributed by atoms with Gasteiger partial charge in [-0.1, -0.05) is 24.3 Å². The van der Waals surface area contributed by atoms with Crippen LogP contribution < -0.4 is 0 Å². The van der Waals surface area contributed by atoms with Crippen LogP contribution in [0, 0.1) is 0 Å². The highest BCUT2D eigenvalue weighted by molar-refractivity contribution is 5.68. The molecule has 4 aliphatic heterocycles. The van der Waals surface area contributed by atoms with Crippen molar-refractivity contribution in [1.82, 2.24) is 0 Å². The zero-order valence-electron chi connectivity index (χ0n) is 9.33. The van der Waals surface area contributed by atoms with E-state index < -0.39 is 0 Å². The van der Waals surface area contributed by atoms with Crippen molar-refractivity contribution in [3.63, 3.8) is 0 Å². The van der Waals surface area contributed by atoms with E-state index in [9.17, 15) is 10.2 Å². The predicted molar refractivity (Wildman–Crippen MR) is 61.2 cm³/mol. The quantitative estimate of drug-likeness (QED) is 0.542. The van der Waals surface area contributed by atoms with E-state index in [0.29, 0.717) is 22.3 Å². The average molecular weight is 242 g/mol. The fourth-order valence-corrected chi connectivity index (χ4v) is 3.51. The van der Waals surface area contributed by atoms with Crippen molar-refractivity contribution < 1.29 is 19.7 Å². The molecular formula is C14H10O4. The third kappa shape index (κ3) is 0.786. The Hall–Kier alpha value is -1.78. The Bertz CT molecular complexity index is 552. The number of benzene rings is 1. The van der Waals surface area contributed by atoms with Crippen LogP contribution in [-0.4, -0.2) is 10.2 Å². The van der Waals surface area contributed by atoms with E-state index in [2.05, 4.69) is 0 Å². The van der Waals surface area contributed by atoms with Gasteiger partial charge in [-0.25, -0.2) is 0 Å². The Labute approximate surface area is 103 Å². The summed E-state index contributed by atoms with van der Waals surface area (Å²) in [7, 11) is 0. The number of hydrogen-bond acceptors (Lipinski definition) is 4. The van der Waals surface area contributed by atoms with Crippen LogP contribution in [0.25, 0.3) is 0 Å². The van der Waals surface area contributed by atoms with Crippen LogP contribution in [0.2, 0.25) is 0 Å². The van der Waals surface area contributed by atoms with Crippen molar-refractivity contribution in [2.75, 3.05) is 0 Å². The molecule has 0 aliphatic carbocycles. The van der Waals surface area contributed by atoms with Crippen LogP contribution >= 0.6 is 0 Å². The molecule has 0 saturated heterocycles. The van der Waals surface area contributed by atoms with Crippen molar-refractivity contribution in [2.45, 2.75) is 24.4 Å². The summed E-state index contributed by atoms with van der Waals surface area (Å²) in [4.78, 5) is 0. The number of phenolic OH excluding ortho intramolecular Hbond substituents is 2. The maximum Gasteiger partial charge on any atom is 0.128 e.